The normalized spacial score (nSPS) is 16.6. The number of phenolic OH excluding ortho intramolecular Hbond substituents is 1. The summed E-state index contributed by atoms with van der Waals surface area (Å²) in [6.07, 6.45) is 1.75. The molecule has 4 nitrogen and oxygen atoms in total. The molecule has 0 bridgehead atoms. The Hall–Kier alpha value is -2.36. The van der Waals surface area contributed by atoms with Crippen molar-refractivity contribution in [1.29, 1.82) is 0 Å². The highest BCUT2D eigenvalue weighted by atomic mass is 16.5. The Morgan fingerprint density at radius 1 is 1.09 bits per heavy atom. The van der Waals surface area contributed by atoms with Gasteiger partial charge in [-0.15, -0.1) is 0 Å². The number of hydrogen-bond acceptors (Lipinski definition) is 4. The van der Waals surface area contributed by atoms with Crippen LogP contribution in [0, 0.1) is 6.92 Å². The average molecular weight is 300 g/mol. The van der Waals surface area contributed by atoms with Crippen molar-refractivity contribution in [2.24, 2.45) is 0 Å². The monoisotopic (exact) mass is 300 g/mol. The van der Waals surface area contributed by atoms with Gasteiger partial charge in [0.05, 0.1) is 14.2 Å². The summed E-state index contributed by atoms with van der Waals surface area (Å²) in [5.41, 5.74) is 3.17. The van der Waals surface area contributed by atoms with Gasteiger partial charge in [-0.1, -0.05) is 12.1 Å². The van der Waals surface area contributed by atoms with Crippen LogP contribution in [0.2, 0.25) is 0 Å². The molecule has 1 N–H and O–H groups in total. The first-order chi connectivity index (χ1) is 10.6. The van der Waals surface area contributed by atoms with Crippen LogP contribution in [0.25, 0.3) is 0 Å². The minimum absolute atomic E-state index is 0.0740. The predicted octanol–water partition coefficient (Wildman–Crippen LogP) is 3.78. The van der Waals surface area contributed by atoms with Crippen LogP contribution in [0.1, 0.15) is 29.2 Å². The number of aromatic hydroxyl groups is 1. The summed E-state index contributed by atoms with van der Waals surface area (Å²) in [4.78, 5) is 0. The number of fused-ring (bicyclic) bond motifs is 1. The van der Waals surface area contributed by atoms with Gasteiger partial charge in [-0.3, -0.25) is 0 Å². The molecule has 1 aliphatic rings. The molecule has 1 heterocycles. The zero-order chi connectivity index (χ0) is 15.7. The lowest BCUT2D eigenvalue weighted by atomic mass is 9.95. The van der Waals surface area contributed by atoms with Crippen molar-refractivity contribution in [3.8, 4) is 23.0 Å². The van der Waals surface area contributed by atoms with Crippen molar-refractivity contribution in [2.45, 2.75) is 25.9 Å². The summed E-state index contributed by atoms with van der Waals surface area (Å²) in [7, 11) is 3.20. The molecule has 0 fully saturated rings. The summed E-state index contributed by atoms with van der Waals surface area (Å²) in [6.45, 7) is 2.01. The van der Waals surface area contributed by atoms with Gasteiger partial charge in [-0.2, -0.15) is 0 Å². The first-order valence-corrected chi connectivity index (χ1v) is 7.34. The third kappa shape index (κ3) is 2.45. The third-order valence-electron chi connectivity index (χ3n) is 4.17. The quantitative estimate of drug-likeness (QED) is 0.937. The molecular weight excluding hydrogens is 280 g/mol. The molecule has 116 valence electrons. The molecule has 0 unspecified atom stereocenters. The summed E-state index contributed by atoms with van der Waals surface area (Å²) in [6, 6.07) is 9.45. The van der Waals surface area contributed by atoms with E-state index in [1.807, 2.05) is 19.1 Å². The van der Waals surface area contributed by atoms with Gasteiger partial charge in [-0.05, 0) is 49.1 Å². The van der Waals surface area contributed by atoms with Gasteiger partial charge in [0.1, 0.15) is 17.6 Å². The van der Waals surface area contributed by atoms with E-state index in [1.165, 1.54) is 12.7 Å². The number of rotatable bonds is 3. The number of phenols is 1. The van der Waals surface area contributed by atoms with E-state index in [4.69, 9.17) is 14.2 Å². The number of ether oxygens (including phenoxy) is 3. The zero-order valence-corrected chi connectivity index (χ0v) is 13.1. The standard InChI is InChI=1S/C18H20O4/c1-11-15(20-2)7-4-12-5-8-16(22-18(11)12)13-6-9-17(21-3)14(19)10-13/h4,6-7,9-10,16,19H,5,8H2,1-3H3/t16-/m0/s1. The van der Waals surface area contributed by atoms with Gasteiger partial charge in [0, 0.05) is 5.56 Å². The Balaban J connectivity index is 1.92. The summed E-state index contributed by atoms with van der Waals surface area (Å²) in [5.74, 6) is 2.33. The Kier molecular flexibility index (Phi) is 3.84. The van der Waals surface area contributed by atoms with Gasteiger partial charge in [0.2, 0.25) is 0 Å². The van der Waals surface area contributed by atoms with Gasteiger partial charge >= 0.3 is 0 Å². The van der Waals surface area contributed by atoms with Crippen molar-refractivity contribution in [3.63, 3.8) is 0 Å². The molecule has 0 saturated carbocycles. The molecule has 0 aromatic heterocycles. The molecule has 0 radical (unpaired) electrons. The molecule has 0 spiro atoms. The molecule has 3 rings (SSSR count). The van der Waals surface area contributed by atoms with Crippen LogP contribution >= 0.6 is 0 Å². The molecule has 1 aliphatic heterocycles. The van der Waals surface area contributed by atoms with Crippen molar-refractivity contribution < 1.29 is 19.3 Å². The maximum atomic E-state index is 9.95. The van der Waals surface area contributed by atoms with Gasteiger partial charge in [0.25, 0.3) is 0 Å². The van der Waals surface area contributed by atoms with E-state index in [-0.39, 0.29) is 11.9 Å². The first kappa shape index (κ1) is 14.6. The number of methoxy groups -OCH3 is 2. The van der Waals surface area contributed by atoms with E-state index in [0.29, 0.717) is 5.75 Å². The fourth-order valence-corrected chi connectivity index (χ4v) is 2.94. The lowest BCUT2D eigenvalue weighted by Gasteiger charge is -2.28. The highest BCUT2D eigenvalue weighted by Crippen LogP contribution is 2.41. The fraction of sp³-hybridized carbons (Fsp3) is 0.333. The lowest BCUT2D eigenvalue weighted by Crippen LogP contribution is -2.16. The maximum absolute atomic E-state index is 9.95. The molecule has 0 aliphatic carbocycles. The maximum Gasteiger partial charge on any atom is 0.160 e. The second-order valence-corrected chi connectivity index (χ2v) is 5.46. The molecular formula is C18H20O4. The van der Waals surface area contributed by atoms with Crippen LogP contribution in [-0.2, 0) is 6.42 Å². The van der Waals surface area contributed by atoms with Crippen LogP contribution in [0.15, 0.2) is 30.3 Å². The van der Waals surface area contributed by atoms with Crippen LogP contribution < -0.4 is 14.2 Å². The van der Waals surface area contributed by atoms with Crippen LogP contribution in [0.5, 0.6) is 23.0 Å². The zero-order valence-electron chi connectivity index (χ0n) is 13.1. The molecule has 2 aromatic rings. The van der Waals surface area contributed by atoms with E-state index in [2.05, 4.69) is 6.07 Å². The Labute approximate surface area is 130 Å². The highest BCUT2D eigenvalue weighted by Gasteiger charge is 2.24. The van der Waals surface area contributed by atoms with Gasteiger partial charge in [-0.25, -0.2) is 0 Å². The average Bonchev–Trinajstić information content (AvgIpc) is 2.55. The molecule has 4 heteroatoms. The van der Waals surface area contributed by atoms with Crippen molar-refractivity contribution in [1.82, 2.24) is 0 Å². The third-order valence-corrected chi connectivity index (χ3v) is 4.17. The SMILES string of the molecule is COc1ccc([C@@H]2CCc3ccc(OC)c(C)c3O2)cc1O. The summed E-state index contributed by atoms with van der Waals surface area (Å²) in [5, 5.41) is 9.95. The van der Waals surface area contributed by atoms with Gasteiger partial charge in [0.15, 0.2) is 11.5 Å². The van der Waals surface area contributed by atoms with Crippen molar-refractivity contribution >= 4 is 0 Å². The largest absolute Gasteiger partial charge is 0.504 e. The smallest absolute Gasteiger partial charge is 0.160 e. The second kappa shape index (κ2) is 5.79. The molecule has 22 heavy (non-hydrogen) atoms. The Bertz CT molecular complexity index is 694. The van der Waals surface area contributed by atoms with Crippen molar-refractivity contribution in [3.05, 3.63) is 47.0 Å². The van der Waals surface area contributed by atoms with E-state index < -0.39 is 0 Å². The second-order valence-electron chi connectivity index (χ2n) is 5.46. The fourth-order valence-electron chi connectivity index (χ4n) is 2.94. The van der Waals surface area contributed by atoms with E-state index >= 15 is 0 Å². The van der Waals surface area contributed by atoms with Crippen LogP contribution in [0.4, 0.5) is 0 Å². The van der Waals surface area contributed by atoms with Crippen LogP contribution in [0.3, 0.4) is 0 Å². The minimum Gasteiger partial charge on any atom is -0.504 e. The Morgan fingerprint density at radius 3 is 2.50 bits per heavy atom. The first-order valence-electron chi connectivity index (χ1n) is 7.34. The molecule has 0 saturated heterocycles. The Morgan fingerprint density at radius 2 is 1.82 bits per heavy atom. The van der Waals surface area contributed by atoms with E-state index in [0.717, 1.165) is 35.5 Å². The number of hydrogen-bond donors (Lipinski definition) is 1. The predicted molar refractivity (Wildman–Crippen MR) is 84.1 cm³/mol. The molecule has 0 amide bonds. The van der Waals surface area contributed by atoms with Gasteiger partial charge < -0.3 is 19.3 Å². The van der Waals surface area contributed by atoms with Crippen molar-refractivity contribution in [2.75, 3.05) is 14.2 Å². The number of aryl methyl sites for hydroxylation is 1. The van der Waals surface area contributed by atoms with Crippen LogP contribution in [-0.4, -0.2) is 19.3 Å². The molecule has 1 atom stereocenters. The van der Waals surface area contributed by atoms with E-state index in [1.54, 1.807) is 19.2 Å². The number of benzene rings is 2. The summed E-state index contributed by atoms with van der Waals surface area (Å²) < 4.78 is 16.6. The lowest BCUT2D eigenvalue weighted by molar-refractivity contribution is 0.174. The van der Waals surface area contributed by atoms with E-state index in [9.17, 15) is 5.11 Å². The topological polar surface area (TPSA) is 47.9 Å². The highest BCUT2D eigenvalue weighted by molar-refractivity contribution is 5.51. The minimum atomic E-state index is -0.0740. The summed E-state index contributed by atoms with van der Waals surface area (Å²) >= 11 is 0. The molecule has 2 aromatic carbocycles.